The minimum absolute atomic E-state index is 0.402. The van der Waals surface area contributed by atoms with E-state index in [4.69, 9.17) is 0 Å². The standard InChI is InChI=1S/C8H6FNO2/c9-8-3-1-2-7(6-8)4-5-10(11)12/h1-6H/b5-4-. The van der Waals surface area contributed by atoms with Crippen LogP contribution in [0.4, 0.5) is 4.39 Å². The van der Waals surface area contributed by atoms with Gasteiger partial charge in [-0.25, -0.2) is 4.39 Å². The summed E-state index contributed by atoms with van der Waals surface area (Å²) in [5.74, 6) is -0.402. The third-order valence-electron chi connectivity index (χ3n) is 1.24. The lowest BCUT2D eigenvalue weighted by atomic mass is 10.2. The van der Waals surface area contributed by atoms with Gasteiger partial charge in [0.15, 0.2) is 0 Å². The van der Waals surface area contributed by atoms with Gasteiger partial charge in [-0.15, -0.1) is 0 Å². The van der Waals surface area contributed by atoms with E-state index in [9.17, 15) is 14.5 Å². The molecule has 12 heavy (non-hydrogen) atoms. The number of nitrogens with zero attached hydrogens (tertiary/aromatic N) is 1. The van der Waals surface area contributed by atoms with Crippen molar-refractivity contribution in [2.75, 3.05) is 0 Å². The van der Waals surface area contributed by atoms with Crippen LogP contribution in [0.3, 0.4) is 0 Å². The molecule has 1 aromatic carbocycles. The summed E-state index contributed by atoms with van der Waals surface area (Å²) in [5.41, 5.74) is 0.478. The summed E-state index contributed by atoms with van der Waals surface area (Å²) in [7, 11) is 0. The van der Waals surface area contributed by atoms with Gasteiger partial charge in [0, 0.05) is 6.08 Å². The van der Waals surface area contributed by atoms with Crippen molar-refractivity contribution in [3.05, 3.63) is 52.0 Å². The summed E-state index contributed by atoms with van der Waals surface area (Å²) >= 11 is 0. The molecule has 0 heterocycles. The second-order valence-electron chi connectivity index (χ2n) is 2.16. The number of nitro groups is 1. The Kier molecular flexibility index (Phi) is 2.53. The second-order valence-corrected chi connectivity index (χ2v) is 2.16. The van der Waals surface area contributed by atoms with Gasteiger partial charge in [-0.1, -0.05) is 12.1 Å². The molecule has 0 aliphatic rings. The van der Waals surface area contributed by atoms with Gasteiger partial charge in [0.25, 0.3) is 0 Å². The molecule has 0 amide bonds. The van der Waals surface area contributed by atoms with Crippen molar-refractivity contribution in [2.24, 2.45) is 0 Å². The Balaban J connectivity index is 2.83. The zero-order chi connectivity index (χ0) is 8.97. The van der Waals surface area contributed by atoms with Crippen LogP contribution in [0.1, 0.15) is 5.56 Å². The van der Waals surface area contributed by atoms with Crippen LogP contribution in [0.25, 0.3) is 6.08 Å². The third kappa shape index (κ3) is 2.49. The lowest BCUT2D eigenvalue weighted by Crippen LogP contribution is -1.82. The Bertz CT molecular complexity index is 323. The van der Waals surface area contributed by atoms with Gasteiger partial charge in [0.05, 0.1) is 4.92 Å². The molecule has 3 nitrogen and oxygen atoms in total. The molecular weight excluding hydrogens is 161 g/mol. The van der Waals surface area contributed by atoms with Crippen molar-refractivity contribution in [1.82, 2.24) is 0 Å². The van der Waals surface area contributed by atoms with Gasteiger partial charge in [0.2, 0.25) is 6.20 Å². The monoisotopic (exact) mass is 167 g/mol. The molecule has 62 valence electrons. The predicted octanol–water partition coefficient (Wildman–Crippen LogP) is 2.07. The lowest BCUT2D eigenvalue weighted by Gasteiger charge is -1.89. The Hall–Kier alpha value is -1.71. The first-order valence-corrected chi connectivity index (χ1v) is 3.26. The summed E-state index contributed by atoms with van der Waals surface area (Å²) in [4.78, 5) is 9.29. The summed E-state index contributed by atoms with van der Waals surface area (Å²) in [6.45, 7) is 0. The minimum atomic E-state index is -0.592. The molecule has 0 aliphatic carbocycles. The van der Waals surface area contributed by atoms with Crippen molar-refractivity contribution >= 4 is 6.08 Å². The highest BCUT2D eigenvalue weighted by atomic mass is 19.1. The van der Waals surface area contributed by atoms with E-state index in [1.54, 1.807) is 6.07 Å². The van der Waals surface area contributed by atoms with E-state index >= 15 is 0 Å². The van der Waals surface area contributed by atoms with Crippen molar-refractivity contribution in [1.29, 1.82) is 0 Å². The molecule has 0 unspecified atom stereocenters. The lowest BCUT2D eigenvalue weighted by molar-refractivity contribution is -0.400. The highest BCUT2D eigenvalue weighted by molar-refractivity contribution is 5.47. The Labute approximate surface area is 68.3 Å². The molecule has 0 radical (unpaired) electrons. The number of rotatable bonds is 2. The molecule has 0 N–H and O–H groups in total. The van der Waals surface area contributed by atoms with Crippen LogP contribution < -0.4 is 0 Å². The van der Waals surface area contributed by atoms with Crippen LogP contribution in [-0.2, 0) is 0 Å². The molecule has 0 spiro atoms. The molecule has 0 aromatic heterocycles. The topological polar surface area (TPSA) is 43.1 Å². The largest absolute Gasteiger partial charge is 0.259 e. The van der Waals surface area contributed by atoms with E-state index in [1.165, 1.54) is 24.3 Å². The van der Waals surface area contributed by atoms with Crippen LogP contribution in [0.2, 0.25) is 0 Å². The zero-order valence-corrected chi connectivity index (χ0v) is 6.11. The van der Waals surface area contributed by atoms with E-state index in [-0.39, 0.29) is 0 Å². The number of benzene rings is 1. The van der Waals surface area contributed by atoms with Crippen molar-refractivity contribution < 1.29 is 9.31 Å². The third-order valence-corrected chi connectivity index (χ3v) is 1.24. The maximum absolute atomic E-state index is 12.5. The van der Waals surface area contributed by atoms with E-state index < -0.39 is 10.7 Å². The highest BCUT2D eigenvalue weighted by Crippen LogP contribution is 2.04. The van der Waals surface area contributed by atoms with Crippen LogP contribution >= 0.6 is 0 Å². The van der Waals surface area contributed by atoms with Crippen molar-refractivity contribution in [2.45, 2.75) is 0 Å². The van der Waals surface area contributed by atoms with Gasteiger partial charge >= 0.3 is 0 Å². The fourth-order valence-electron chi connectivity index (χ4n) is 0.757. The maximum Gasteiger partial charge on any atom is 0.235 e. The summed E-state index contributed by atoms with van der Waals surface area (Å²) < 4.78 is 12.5. The second kappa shape index (κ2) is 3.61. The first kappa shape index (κ1) is 8.39. The van der Waals surface area contributed by atoms with Crippen LogP contribution in [0.5, 0.6) is 0 Å². The first-order valence-electron chi connectivity index (χ1n) is 3.26. The Morgan fingerprint density at radius 1 is 1.50 bits per heavy atom. The fourth-order valence-corrected chi connectivity index (χ4v) is 0.757. The molecular formula is C8H6FNO2. The molecule has 0 atom stereocenters. The first-order chi connectivity index (χ1) is 5.68. The number of halogens is 1. The predicted molar refractivity (Wildman–Crippen MR) is 42.4 cm³/mol. The van der Waals surface area contributed by atoms with Crippen molar-refractivity contribution in [3.8, 4) is 0 Å². The van der Waals surface area contributed by atoms with E-state index in [0.717, 1.165) is 6.20 Å². The van der Waals surface area contributed by atoms with E-state index in [2.05, 4.69) is 0 Å². The molecule has 0 saturated heterocycles. The summed E-state index contributed by atoms with van der Waals surface area (Å²) in [6, 6.07) is 5.58. The Morgan fingerprint density at radius 2 is 2.25 bits per heavy atom. The minimum Gasteiger partial charge on any atom is -0.259 e. The van der Waals surface area contributed by atoms with Crippen LogP contribution in [0, 0.1) is 15.9 Å². The maximum atomic E-state index is 12.5. The quantitative estimate of drug-likeness (QED) is 0.499. The van der Waals surface area contributed by atoms with Gasteiger partial charge < -0.3 is 0 Å². The molecule has 0 saturated carbocycles. The van der Waals surface area contributed by atoms with Gasteiger partial charge in [-0.3, -0.25) is 10.1 Å². The van der Waals surface area contributed by atoms with E-state index in [1.807, 2.05) is 0 Å². The van der Waals surface area contributed by atoms with Crippen LogP contribution in [-0.4, -0.2) is 4.92 Å². The molecule has 4 heteroatoms. The highest BCUT2D eigenvalue weighted by Gasteiger charge is 1.91. The van der Waals surface area contributed by atoms with Gasteiger partial charge in [0.1, 0.15) is 5.82 Å². The van der Waals surface area contributed by atoms with Crippen molar-refractivity contribution in [3.63, 3.8) is 0 Å². The van der Waals surface area contributed by atoms with E-state index in [0.29, 0.717) is 5.56 Å². The summed E-state index contributed by atoms with van der Waals surface area (Å²) in [6.07, 6.45) is 2.01. The summed E-state index contributed by atoms with van der Waals surface area (Å²) in [5, 5.41) is 9.88. The number of hydrogen-bond donors (Lipinski definition) is 0. The average molecular weight is 167 g/mol. The van der Waals surface area contributed by atoms with Gasteiger partial charge in [-0.05, 0) is 17.7 Å². The molecule has 1 aromatic rings. The Morgan fingerprint density at radius 3 is 2.83 bits per heavy atom. The normalized spacial score (nSPS) is 10.4. The van der Waals surface area contributed by atoms with Crippen LogP contribution in [0.15, 0.2) is 30.5 Å². The number of hydrogen-bond acceptors (Lipinski definition) is 2. The molecule has 0 fully saturated rings. The molecule has 0 bridgehead atoms. The zero-order valence-electron chi connectivity index (χ0n) is 6.11. The average Bonchev–Trinajstić information content (AvgIpc) is 2.01. The molecule has 1 rings (SSSR count). The fraction of sp³-hybridized carbons (Fsp3) is 0. The van der Waals surface area contributed by atoms with Gasteiger partial charge in [-0.2, -0.15) is 0 Å². The SMILES string of the molecule is O=[N+]([O-])/C=C\c1cccc(F)c1. The molecule has 0 aliphatic heterocycles. The smallest absolute Gasteiger partial charge is 0.235 e.